The molecule has 112 valence electrons. The summed E-state index contributed by atoms with van der Waals surface area (Å²) >= 11 is 0. The van der Waals surface area contributed by atoms with Crippen molar-refractivity contribution in [3.63, 3.8) is 0 Å². The third kappa shape index (κ3) is 2.98. The van der Waals surface area contributed by atoms with Gasteiger partial charge in [0.1, 0.15) is 5.82 Å². The molecular weight excluding hydrogens is 274 g/mol. The number of rotatable bonds is 4. The molecule has 2 heterocycles. The number of hydrogen-bond acceptors (Lipinski definition) is 4. The van der Waals surface area contributed by atoms with Crippen molar-refractivity contribution < 1.29 is 0 Å². The van der Waals surface area contributed by atoms with Gasteiger partial charge >= 0.3 is 0 Å². The summed E-state index contributed by atoms with van der Waals surface area (Å²) in [6, 6.07) is 10.3. The largest absolute Gasteiger partial charge is 0.365 e. The van der Waals surface area contributed by atoms with E-state index in [0.29, 0.717) is 0 Å². The van der Waals surface area contributed by atoms with Crippen molar-refractivity contribution in [1.29, 1.82) is 0 Å². The van der Waals surface area contributed by atoms with Gasteiger partial charge in [-0.2, -0.15) is 5.10 Å². The summed E-state index contributed by atoms with van der Waals surface area (Å²) in [7, 11) is 0. The second-order valence-electron chi connectivity index (χ2n) is 5.38. The highest BCUT2D eigenvalue weighted by Crippen LogP contribution is 2.13. The topological polar surface area (TPSA) is 55.6 Å². The lowest BCUT2D eigenvalue weighted by Crippen LogP contribution is -2.07. The lowest BCUT2D eigenvalue weighted by Gasteiger charge is -2.09. The Labute approximate surface area is 130 Å². The van der Waals surface area contributed by atoms with Gasteiger partial charge in [0.05, 0.1) is 18.1 Å². The molecule has 0 saturated carbocycles. The molecule has 0 amide bonds. The number of anilines is 1. The van der Waals surface area contributed by atoms with E-state index in [9.17, 15) is 0 Å². The van der Waals surface area contributed by atoms with Crippen LogP contribution in [-0.4, -0.2) is 19.7 Å². The Kier molecular flexibility index (Phi) is 3.87. The molecule has 0 unspecified atom stereocenters. The van der Waals surface area contributed by atoms with Crippen molar-refractivity contribution in [3.05, 3.63) is 65.2 Å². The van der Waals surface area contributed by atoms with Crippen LogP contribution in [0.3, 0.4) is 0 Å². The fourth-order valence-corrected chi connectivity index (χ4v) is 2.40. The maximum Gasteiger partial charge on any atom is 0.174 e. The molecule has 0 saturated heterocycles. The fourth-order valence-electron chi connectivity index (χ4n) is 2.40. The third-order valence-electron chi connectivity index (χ3n) is 3.57. The number of hydrogen-bond donors (Lipinski definition) is 1. The summed E-state index contributed by atoms with van der Waals surface area (Å²) in [6.07, 6.45) is 3.45. The predicted octanol–water partition coefficient (Wildman–Crippen LogP) is 3.20. The summed E-state index contributed by atoms with van der Waals surface area (Å²) < 4.78 is 1.81. The van der Waals surface area contributed by atoms with Gasteiger partial charge in [-0.1, -0.05) is 24.3 Å². The zero-order valence-corrected chi connectivity index (χ0v) is 13.0. The minimum atomic E-state index is 0.723. The van der Waals surface area contributed by atoms with Crippen molar-refractivity contribution in [3.8, 4) is 5.82 Å². The van der Waals surface area contributed by atoms with E-state index in [2.05, 4.69) is 39.4 Å². The van der Waals surface area contributed by atoms with Crippen LogP contribution >= 0.6 is 0 Å². The summed E-state index contributed by atoms with van der Waals surface area (Å²) in [4.78, 5) is 8.85. The first-order chi connectivity index (χ1) is 10.6. The van der Waals surface area contributed by atoms with E-state index in [1.54, 1.807) is 17.1 Å². The normalized spacial score (nSPS) is 10.7. The van der Waals surface area contributed by atoms with Crippen molar-refractivity contribution in [2.45, 2.75) is 27.3 Å². The second-order valence-corrected chi connectivity index (χ2v) is 5.38. The molecule has 1 N–H and O–H groups in total. The van der Waals surface area contributed by atoms with Crippen LogP contribution in [0.2, 0.25) is 0 Å². The van der Waals surface area contributed by atoms with Crippen LogP contribution in [-0.2, 0) is 6.54 Å². The Balaban J connectivity index is 1.80. The SMILES string of the molecule is Cc1cc(C)n(-c2cncc(NCc3ccccc3C)n2)n1. The first kappa shape index (κ1) is 14.3. The molecule has 3 aromatic rings. The number of benzene rings is 1. The van der Waals surface area contributed by atoms with Crippen LogP contribution < -0.4 is 5.32 Å². The molecule has 0 aliphatic carbocycles. The quantitative estimate of drug-likeness (QED) is 0.802. The highest BCUT2D eigenvalue weighted by Gasteiger charge is 2.06. The van der Waals surface area contributed by atoms with Gasteiger partial charge in [-0.3, -0.25) is 4.98 Å². The van der Waals surface area contributed by atoms with E-state index in [0.717, 1.165) is 29.6 Å². The van der Waals surface area contributed by atoms with E-state index in [1.165, 1.54) is 11.1 Å². The zero-order chi connectivity index (χ0) is 15.5. The molecule has 0 spiro atoms. The van der Waals surface area contributed by atoms with Crippen LogP contribution in [0.4, 0.5) is 5.82 Å². The summed E-state index contributed by atoms with van der Waals surface area (Å²) in [5.41, 5.74) is 4.53. The monoisotopic (exact) mass is 293 g/mol. The minimum absolute atomic E-state index is 0.723. The van der Waals surface area contributed by atoms with E-state index >= 15 is 0 Å². The van der Waals surface area contributed by atoms with Gasteiger partial charge in [-0.25, -0.2) is 9.67 Å². The fraction of sp³-hybridized carbons (Fsp3) is 0.235. The highest BCUT2D eigenvalue weighted by atomic mass is 15.3. The van der Waals surface area contributed by atoms with E-state index < -0.39 is 0 Å². The Hall–Kier alpha value is -2.69. The molecule has 0 bridgehead atoms. The van der Waals surface area contributed by atoms with Gasteiger partial charge in [0.25, 0.3) is 0 Å². The molecule has 22 heavy (non-hydrogen) atoms. The van der Waals surface area contributed by atoms with Crippen LogP contribution in [0, 0.1) is 20.8 Å². The molecular formula is C17H19N5. The van der Waals surface area contributed by atoms with E-state index in [1.807, 2.05) is 32.0 Å². The number of aromatic nitrogens is 4. The van der Waals surface area contributed by atoms with Gasteiger partial charge in [-0.05, 0) is 38.0 Å². The lowest BCUT2D eigenvalue weighted by atomic mass is 10.1. The molecule has 0 aliphatic rings. The molecule has 2 aromatic heterocycles. The van der Waals surface area contributed by atoms with Gasteiger partial charge in [-0.15, -0.1) is 0 Å². The van der Waals surface area contributed by atoms with Gasteiger partial charge < -0.3 is 5.32 Å². The van der Waals surface area contributed by atoms with Crippen molar-refractivity contribution in [1.82, 2.24) is 19.7 Å². The predicted molar refractivity (Wildman–Crippen MR) is 87.1 cm³/mol. The molecule has 0 radical (unpaired) electrons. The number of nitrogens with one attached hydrogen (secondary N) is 1. The third-order valence-corrected chi connectivity index (χ3v) is 3.57. The average molecular weight is 293 g/mol. The molecule has 0 aliphatic heterocycles. The Morgan fingerprint density at radius 2 is 1.91 bits per heavy atom. The van der Waals surface area contributed by atoms with Crippen LogP contribution in [0.15, 0.2) is 42.7 Å². The number of nitrogens with zero attached hydrogens (tertiary/aromatic N) is 4. The molecule has 1 aromatic carbocycles. The Morgan fingerprint density at radius 1 is 1.09 bits per heavy atom. The van der Waals surface area contributed by atoms with Crippen LogP contribution in [0.5, 0.6) is 0 Å². The van der Waals surface area contributed by atoms with Gasteiger partial charge in [0, 0.05) is 12.2 Å². The molecule has 3 rings (SSSR count). The Bertz CT molecular complexity index is 791. The van der Waals surface area contributed by atoms with E-state index in [-0.39, 0.29) is 0 Å². The maximum absolute atomic E-state index is 4.59. The maximum atomic E-state index is 4.59. The van der Waals surface area contributed by atoms with E-state index in [4.69, 9.17) is 0 Å². The zero-order valence-electron chi connectivity index (χ0n) is 13.0. The highest BCUT2D eigenvalue weighted by molar-refractivity contribution is 5.38. The number of aryl methyl sites for hydroxylation is 3. The van der Waals surface area contributed by atoms with Crippen LogP contribution in [0.1, 0.15) is 22.5 Å². The molecule has 5 nitrogen and oxygen atoms in total. The summed E-state index contributed by atoms with van der Waals surface area (Å²) in [6.45, 7) is 6.81. The summed E-state index contributed by atoms with van der Waals surface area (Å²) in [5.74, 6) is 1.47. The van der Waals surface area contributed by atoms with Crippen molar-refractivity contribution >= 4 is 5.82 Å². The smallest absolute Gasteiger partial charge is 0.174 e. The first-order valence-corrected chi connectivity index (χ1v) is 7.27. The molecule has 5 heteroatoms. The standard InChI is InChI=1S/C17H19N5/c1-12-6-4-5-7-15(12)9-19-16-10-18-11-17(20-16)22-14(3)8-13(2)21-22/h4-8,10-11H,9H2,1-3H3,(H,19,20). The van der Waals surface area contributed by atoms with Gasteiger partial charge in [0.2, 0.25) is 0 Å². The summed E-state index contributed by atoms with van der Waals surface area (Å²) in [5, 5.41) is 7.76. The second kappa shape index (κ2) is 5.97. The van der Waals surface area contributed by atoms with Crippen molar-refractivity contribution in [2.24, 2.45) is 0 Å². The lowest BCUT2D eigenvalue weighted by molar-refractivity contribution is 0.799. The van der Waals surface area contributed by atoms with Crippen molar-refractivity contribution in [2.75, 3.05) is 5.32 Å². The molecule has 0 fully saturated rings. The average Bonchev–Trinajstić information content (AvgIpc) is 2.85. The molecule has 0 atom stereocenters. The van der Waals surface area contributed by atoms with Crippen LogP contribution in [0.25, 0.3) is 5.82 Å². The first-order valence-electron chi connectivity index (χ1n) is 7.27. The van der Waals surface area contributed by atoms with Gasteiger partial charge in [0.15, 0.2) is 5.82 Å². The Morgan fingerprint density at radius 3 is 2.64 bits per heavy atom. The minimum Gasteiger partial charge on any atom is -0.365 e.